The van der Waals surface area contributed by atoms with Gasteiger partial charge in [0.25, 0.3) is 0 Å². The lowest BCUT2D eigenvalue weighted by Crippen LogP contribution is -2.28. The third kappa shape index (κ3) is 6.77. The van der Waals surface area contributed by atoms with Crippen molar-refractivity contribution >= 4 is 18.3 Å². The molecule has 0 aliphatic rings. The summed E-state index contributed by atoms with van der Waals surface area (Å²) in [6, 6.07) is 17.5. The van der Waals surface area contributed by atoms with Crippen molar-refractivity contribution in [2.75, 3.05) is 13.7 Å². The molecule has 2 aromatic carbocycles. The van der Waals surface area contributed by atoms with Crippen molar-refractivity contribution in [3.8, 4) is 5.75 Å². The number of ether oxygens (including phenoxy) is 1. The van der Waals surface area contributed by atoms with Gasteiger partial charge in [-0.2, -0.15) is 0 Å². The Morgan fingerprint density at radius 3 is 2.32 bits per heavy atom. The van der Waals surface area contributed by atoms with Crippen LogP contribution in [0, 0.1) is 0 Å². The highest BCUT2D eigenvalue weighted by atomic mass is 35.5. The third-order valence-electron chi connectivity index (χ3n) is 4.22. The first-order valence-electron chi connectivity index (χ1n) is 8.31. The number of nitrogens with one attached hydrogen (secondary N) is 1. The molecule has 1 amide bonds. The molecule has 0 aliphatic heterocycles. The van der Waals surface area contributed by atoms with Crippen molar-refractivity contribution in [1.29, 1.82) is 0 Å². The minimum Gasteiger partial charge on any atom is -0.497 e. The first-order chi connectivity index (χ1) is 11.6. The van der Waals surface area contributed by atoms with Crippen LogP contribution in [0.2, 0.25) is 0 Å². The van der Waals surface area contributed by atoms with Gasteiger partial charge < -0.3 is 15.8 Å². The molecule has 2 rings (SSSR count). The van der Waals surface area contributed by atoms with Gasteiger partial charge in [0.15, 0.2) is 0 Å². The van der Waals surface area contributed by atoms with Gasteiger partial charge in [-0.3, -0.25) is 4.79 Å². The fourth-order valence-corrected chi connectivity index (χ4v) is 2.62. The minimum atomic E-state index is -0.259. The Kier molecular flexibility index (Phi) is 9.03. The van der Waals surface area contributed by atoms with Crippen molar-refractivity contribution in [2.45, 2.75) is 31.7 Å². The highest BCUT2D eigenvalue weighted by Crippen LogP contribution is 2.21. The monoisotopic (exact) mass is 362 g/mol. The number of hydrogen-bond acceptors (Lipinski definition) is 3. The summed E-state index contributed by atoms with van der Waals surface area (Å²) in [5.74, 6) is 1.22. The van der Waals surface area contributed by atoms with Crippen molar-refractivity contribution in [3.63, 3.8) is 0 Å². The second kappa shape index (κ2) is 10.7. The molecule has 4 nitrogen and oxygen atoms in total. The molecule has 0 aromatic heterocycles. The SMILES string of the molecule is COc1ccc(C(C)CCNC(=O)CC(N)c2ccccc2)cc1.Cl. The first kappa shape index (κ1) is 21.0. The molecule has 0 bridgehead atoms. The van der Waals surface area contributed by atoms with Crippen molar-refractivity contribution in [3.05, 3.63) is 65.7 Å². The Hall–Kier alpha value is -2.04. The Morgan fingerprint density at radius 2 is 1.72 bits per heavy atom. The maximum Gasteiger partial charge on any atom is 0.221 e. The predicted molar refractivity (Wildman–Crippen MR) is 104 cm³/mol. The first-order valence-corrected chi connectivity index (χ1v) is 8.31. The minimum absolute atomic E-state index is 0. The zero-order valence-electron chi connectivity index (χ0n) is 14.8. The molecule has 2 aromatic rings. The Labute approximate surface area is 156 Å². The number of carbonyl (C=O) groups excluding carboxylic acids is 1. The van der Waals surface area contributed by atoms with E-state index in [2.05, 4.69) is 24.4 Å². The maximum atomic E-state index is 12.0. The van der Waals surface area contributed by atoms with Gasteiger partial charge in [-0.1, -0.05) is 49.4 Å². The van der Waals surface area contributed by atoms with E-state index in [1.807, 2.05) is 42.5 Å². The average Bonchev–Trinajstić information content (AvgIpc) is 2.62. The smallest absolute Gasteiger partial charge is 0.221 e. The van der Waals surface area contributed by atoms with Crippen LogP contribution in [0.1, 0.15) is 42.9 Å². The molecule has 2 atom stereocenters. The second-order valence-electron chi connectivity index (χ2n) is 6.03. The zero-order valence-corrected chi connectivity index (χ0v) is 15.6. The van der Waals surface area contributed by atoms with Gasteiger partial charge in [-0.05, 0) is 35.6 Å². The van der Waals surface area contributed by atoms with Crippen LogP contribution in [-0.4, -0.2) is 19.6 Å². The van der Waals surface area contributed by atoms with Crippen LogP contribution in [0.25, 0.3) is 0 Å². The number of carbonyl (C=O) groups is 1. The van der Waals surface area contributed by atoms with Gasteiger partial charge >= 0.3 is 0 Å². The fourth-order valence-electron chi connectivity index (χ4n) is 2.62. The standard InChI is InChI=1S/C20H26N2O2.ClH/c1-15(16-8-10-18(24-2)11-9-16)12-13-22-20(23)14-19(21)17-6-4-3-5-7-17;/h3-11,15,19H,12-14,21H2,1-2H3,(H,22,23);1H. The molecule has 0 spiro atoms. The summed E-state index contributed by atoms with van der Waals surface area (Å²) >= 11 is 0. The van der Waals surface area contributed by atoms with E-state index in [0.29, 0.717) is 18.9 Å². The molecule has 0 radical (unpaired) electrons. The lowest BCUT2D eigenvalue weighted by atomic mass is 9.97. The van der Waals surface area contributed by atoms with Crippen LogP contribution in [0.5, 0.6) is 5.75 Å². The molecule has 0 heterocycles. The van der Waals surface area contributed by atoms with Crippen LogP contribution in [0.4, 0.5) is 0 Å². The number of amides is 1. The van der Waals surface area contributed by atoms with Crippen LogP contribution >= 0.6 is 12.4 Å². The highest BCUT2D eigenvalue weighted by Gasteiger charge is 2.12. The lowest BCUT2D eigenvalue weighted by molar-refractivity contribution is -0.121. The molecular weight excluding hydrogens is 336 g/mol. The van der Waals surface area contributed by atoms with Crippen molar-refractivity contribution in [2.24, 2.45) is 5.73 Å². The van der Waals surface area contributed by atoms with E-state index in [4.69, 9.17) is 10.5 Å². The van der Waals surface area contributed by atoms with Crippen LogP contribution in [0.3, 0.4) is 0 Å². The van der Waals surface area contributed by atoms with Gasteiger partial charge in [-0.25, -0.2) is 0 Å². The number of halogens is 1. The Balaban J connectivity index is 0.00000312. The predicted octanol–water partition coefficient (Wildman–Crippen LogP) is 3.82. The molecular formula is C20H27ClN2O2. The molecule has 2 unspecified atom stereocenters. The summed E-state index contributed by atoms with van der Waals surface area (Å²) in [5, 5.41) is 2.96. The summed E-state index contributed by atoms with van der Waals surface area (Å²) in [5.41, 5.74) is 8.30. The lowest BCUT2D eigenvalue weighted by Gasteiger charge is -2.15. The van der Waals surface area contributed by atoms with Crippen molar-refractivity contribution in [1.82, 2.24) is 5.32 Å². The summed E-state index contributed by atoms with van der Waals surface area (Å²) in [6.45, 7) is 2.80. The van der Waals surface area contributed by atoms with E-state index in [1.54, 1.807) is 7.11 Å². The molecule has 0 saturated heterocycles. The molecule has 0 fully saturated rings. The van der Waals surface area contributed by atoms with Gasteiger partial charge in [0.05, 0.1) is 7.11 Å². The van der Waals surface area contributed by atoms with Gasteiger partial charge in [0.2, 0.25) is 5.91 Å². The number of methoxy groups -OCH3 is 1. The molecule has 0 saturated carbocycles. The van der Waals surface area contributed by atoms with Gasteiger partial charge in [0.1, 0.15) is 5.75 Å². The summed E-state index contributed by atoms with van der Waals surface area (Å²) in [6.07, 6.45) is 1.19. The molecule has 0 aliphatic carbocycles. The third-order valence-corrected chi connectivity index (χ3v) is 4.22. The Morgan fingerprint density at radius 1 is 1.08 bits per heavy atom. The van der Waals surface area contributed by atoms with Crippen LogP contribution in [-0.2, 0) is 4.79 Å². The normalized spacial score (nSPS) is 12.6. The number of benzene rings is 2. The van der Waals surface area contributed by atoms with Crippen molar-refractivity contribution < 1.29 is 9.53 Å². The number of nitrogens with two attached hydrogens (primary N) is 1. The van der Waals surface area contributed by atoms with E-state index in [1.165, 1.54) is 5.56 Å². The van der Waals surface area contributed by atoms with Gasteiger partial charge in [0, 0.05) is 19.0 Å². The summed E-state index contributed by atoms with van der Waals surface area (Å²) in [4.78, 5) is 12.0. The van der Waals surface area contributed by atoms with E-state index >= 15 is 0 Å². The van der Waals surface area contributed by atoms with Gasteiger partial charge in [-0.15, -0.1) is 12.4 Å². The summed E-state index contributed by atoms with van der Waals surface area (Å²) in [7, 11) is 1.66. The van der Waals surface area contributed by atoms with Crippen LogP contribution < -0.4 is 15.8 Å². The quantitative estimate of drug-likeness (QED) is 0.750. The second-order valence-corrected chi connectivity index (χ2v) is 6.03. The maximum absolute atomic E-state index is 12.0. The molecule has 25 heavy (non-hydrogen) atoms. The number of rotatable bonds is 8. The fraction of sp³-hybridized carbons (Fsp3) is 0.350. The zero-order chi connectivity index (χ0) is 17.4. The topological polar surface area (TPSA) is 64.3 Å². The molecule has 3 N–H and O–H groups in total. The number of hydrogen-bond donors (Lipinski definition) is 2. The summed E-state index contributed by atoms with van der Waals surface area (Å²) < 4.78 is 5.17. The van der Waals surface area contributed by atoms with E-state index in [0.717, 1.165) is 17.7 Å². The van der Waals surface area contributed by atoms with E-state index in [9.17, 15) is 4.79 Å². The van der Waals surface area contributed by atoms with E-state index < -0.39 is 0 Å². The average molecular weight is 363 g/mol. The van der Waals surface area contributed by atoms with Crippen LogP contribution in [0.15, 0.2) is 54.6 Å². The highest BCUT2D eigenvalue weighted by molar-refractivity contribution is 5.85. The largest absolute Gasteiger partial charge is 0.497 e. The Bertz CT molecular complexity index is 632. The molecule has 136 valence electrons. The van der Waals surface area contributed by atoms with E-state index in [-0.39, 0.29) is 24.4 Å². The molecule has 5 heteroatoms.